The second-order valence-electron chi connectivity index (χ2n) is 6.38. The van der Waals surface area contributed by atoms with Crippen LogP contribution in [0.15, 0.2) is 24.3 Å². The van der Waals surface area contributed by atoms with E-state index in [9.17, 15) is 9.59 Å². The molecule has 3 rings (SSSR count). The zero-order chi connectivity index (χ0) is 16.4. The molecule has 0 spiro atoms. The van der Waals surface area contributed by atoms with Crippen molar-refractivity contribution in [3.05, 3.63) is 29.8 Å². The maximum atomic E-state index is 13.0. The van der Waals surface area contributed by atoms with E-state index in [-0.39, 0.29) is 17.9 Å². The number of nitrogens with zero attached hydrogens (tertiary/aromatic N) is 2. The molecule has 0 unspecified atom stereocenters. The van der Waals surface area contributed by atoms with Crippen LogP contribution in [-0.2, 0) is 16.1 Å². The van der Waals surface area contributed by atoms with Crippen molar-refractivity contribution in [3.63, 3.8) is 0 Å². The van der Waals surface area contributed by atoms with Gasteiger partial charge < -0.3 is 14.5 Å². The monoisotopic (exact) mass is 316 g/mol. The molecule has 0 aromatic heterocycles. The number of carbonyl (C=O) groups excluding carboxylic acids is 2. The van der Waals surface area contributed by atoms with Gasteiger partial charge in [0.15, 0.2) is 0 Å². The first-order valence-electron chi connectivity index (χ1n) is 8.33. The molecular weight excluding hydrogens is 292 g/mol. The summed E-state index contributed by atoms with van der Waals surface area (Å²) in [5.74, 6) is 0.948. The van der Waals surface area contributed by atoms with Crippen LogP contribution in [0.4, 0.5) is 0 Å². The SMILES string of the molecule is COc1ccccc1CN(C(=O)[C@@H](C)N1CCCC1=O)C1CC1. The van der Waals surface area contributed by atoms with Crippen LogP contribution in [0.25, 0.3) is 0 Å². The smallest absolute Gasteiger partial charge is 0.245 e. The lowest BCUT2D eigenvalue weighted by molar-refractivity contribution is -0.143. The minimum atomic E-state index is -0.375. The Morgan fingerprint density at radius 1 is 1.39 bits per heavy atom. The van der Waals surface area contributed by atoms with Crippen LogP contribution in [0.2, 0.25) is 0 Å². The molecule has 1 heterocycles. The fourth-order valence-electron chi connectivity index (χ4n) is 3.24. The third-order valence-corrected chi connectivity index (χ3v) is 4.74. The highest BCUT2D eigenvalue weighted by Gasteiger charge is 2.38. The van der Waals surface area contributed by atoms with E-state index in [4.69, 9.17) is 4.74 Å². The zero-order valence-corrected chi connectivity index (χ0v) is 13.8. The molecule has 2 fully saturated rings. The maximum Gasteiger partial charge on any atom is 0.245 e. The summed E-state index contributed by atoms with van der Waals surface area (Å²) in [6, 6.07) is 7.72. The molecule has 1 aliphatic heterocycles. The van der Waals surface area contributed by atoms with Crippen molar-refractivity contribution >= 4 is 11.8 Å². The lowest BCUT2D eigenvalue weighted by Crippen LogP contribution is -2.48. The van der Waals surface area contributed by atoms with Crippen molar-refractivity contribution in [2.75, 3.05) is 13.7 Å². The molecule has 2 aliphatic rings. The van der Waals surface area contributed by atoms with Crippen LogP contribution >= 0.6 is 0 Å². The van der Waals surface area contributed by atoms with Crippen LogP contribution in [0.3, 0.4) is 0 Å². The van der Waals surface area contributed by atoms with Crippen LogP contribution in [0.5, 0.6) is 5.75 Å². The van der Waals surface area contributed by atoms with Crippen LogP contribution in [-0.4, -0.2) is 47.4 Å². The molecule has 23 heavy (non-hydrogen) atoms. The molecule has 5 heteroatoms. The predicted octanol–water partition coefficient (Wildman–Crippen LogP) is 2.20. The number of amides is 2. The third kappa shape index (κ3) is 3.33. The molecule has 2 amide bonds. The average molecular weight is 316 g/mol. The van der Waals surface area contributed by atoms with E-state index >= 15 is 0 Å². The van der Waals surface area contributed by atoms with Gasteiger partial charge in [-0.3, -0.25) is 9.59 Å². The van der Waals surface area contributed by atoms with Crippen molar-refractivity contribution in [1.29, 1.82) is 0 Å². The summed E-state index contributed by atoms with van der Waals surface area (Å²) in [6.45, 7) is 3.09. The van der Waals surface area contributed by atoms with Crippen molar-refractivity contribution in [2.45, 2.75) is 51.2 Å². The van der Waals surface area contributed by atoms with Gasteiger partial charge in [0.05, 0.1) is 7.11 Å². The summed E-state index contributed by atoms with van der Waals surface area (Å²) in [5, 5.41) is 0. The number of hydrogen-bond donors (Lipinski definition) is 0. The lowest BCUT2D eigenvalue weighted by atomic mass is 10.1. The molecule has 5 nitrogen and oxygen atoms in total. The van der Waals surface area contributed by atoms with Crippen molar-refractivity contribution in [2.24, 2.45) is 0 Å². The first-order chi connectivity index (χ1) is 11.1. The second kappa shape index (κ2) is 6.60. The standard InChI is InChI=1S/C18H24N2O3/c1-13(19-11-5-8-17(19)21)18(22)20(15-9-10-15)12-14-6-3-4-7-16(14)23-2/h3-4,6-7,13,15H,5,8-12H2,1-2H3/t13-/m1/s1. The molecule has 0 radical (unpaired) electrons. The van der Waals surface area contributed by atoms with Crippen LogP contribution in [0, 0.1) is 0 Å². The van der Waals surface area contributed by atoms with E-state index in [1.807, 2.05) is 36.1 Å². The van der Waals surface area contributed by atoms with Gasteiger partial charge in [-0.05, 0) is 32.3 Å². The number of methoxy groups -OCH3 is 1. The highest BCUT2D eigenvalue weighted by atomic mass is 16.5. The van der Waals surface area contributed by atoms with Gasteiger partial charge in [0, 0.05) is 31.1 Å². The van der Waals surface area contributed by atoms with E-state index in [0.29, 0.717) is 25.6 Å². The van der Waals surface area contributed by atoms with E-state index < -0.39 is 0 Å². The summed E-state index contributed by atoms with van der Waals surface area (Å²) in [7, 11) is 1.65. The predicted molar refractivity (Wildman–Crippen MR) is 87.0 cm³/mol. The summed E-state index contributed by atoms with van der Waals surface area (Å²) >= 11 is 0. The van der Waals surface area contributed by atoms with Crippen LogP contribution < -0.4 is 4.74 Å². The minimum absolute atomic E-state index is 0.0497. The maximum absolute atomic E-state index is 13.0. The third-order valence-electron chi connectivity index (χ3n) is 4.74. The van der Waals surface area contributed by atoms with E-state index in [1.165, 1.54) is 0 Å². The Balaban J connectivity index is 1.76. The summed E-state index contributed by atoms with van der Waals surface area (Å²) in [5.41, 5.74) is 1.01. The van der Waals surface area contributed by atoms with Gasteiger partial charge >= 0.3 is 0 Å². The fourth-order valence-corrected chi connectivity index (χ4v) is 3.24. The Kier molecular flexibility index (Phi) is 4.55. The highest BCUT2D eigenvalue weighted by Crippen LogP contribution is 2.31. The highest BCUT2D eigenvalue weighted by molar-refractivity contribution is 5.88. The van der Waals surface area contributed by atoms with Gasteiger partial charge in [-0.2, -0.15) is 0 Å². The number of benzene rings is 1. The number of para-hydroxylation sites is 1. The average Bonchev–Trinajstić information content (AvgIpc) is 3.32. The van der Waals surface area contributed by atoms with Gasteiger partial charge in [0.2, 0.25) is 11.8 Å². The van der Waals surface area contributed by atoms with E-state index in [1.54, 1.807) is 12.0 Å². The number of likely N-dealkylation sites (tertiary alicyclic amines) is 1. The molecular formula is C18H24N2O3. The van der Waals surface area contributed by atoms with E-state index in [2.05, 4.69) is 0 Å². The molecule has 1 aliphatic carbocycles. The van der Waals surface area contributed by atoms with Gasteiger partial charge in [-0.1, -0.05) is 18.2 Å². The van der Waals surface area contributed by atoms with Crippen molar-refractivity contribution in [3.8, 4) is 5.75 Å². The first-order valence-corrected chi connectivity index (χ1v) is 8.33. The molecule has 1 aromatic carbocycles. The minimum Gasteiger partial charge on any atom is -0.496 e. The Labute approximate surface area is 137 Å². The fraction of sp³-hybridized carbons (Fsp3) is 0.556. The number of hydrogen-bond acceptors (Lipinski definition) is 3. The quantitative estimate of drug-likeness (QED) is 0.808. The summed E-state index contributed by atoms with van der Waals surface area (Å²) < 4.78 is 5.40. The zero-order valence-electron chi connectivity index (χ0n) is 13.8. The molecule has 1 saturated heterocycles. The Hall–Kier alpha value is -2.04. The van der Waals surface area contributed by atoms with Gasteiger partial charge in [-0.15, -0.1) is 0 Å². The Morgan fingerprint density at radius 2 is 2.13 bits per heavy atom. The summed E-state index contributed by atoms with van der Waals surface area (Å²) in [6.07, 6.45) is 3.50. The number of carbonyl (C=O) groups is 2. The van der Waals surface area contributed by atoms with Crippen molar-refractivity contribution < 1.29 is 14.3 Å². The Bertz CT molecular complexity index is 598. The molecule has 1 aromatic rings. The molecule has 0 bridgehead atoms. The second-order valence-corrected chi connectivity index (χ2v) is 6.38. The molecule has 1 saturated carbocycles. The Morgan fingerprint density at radius 3 is 2.74 bits per heavy atom. The lowest BCUT2D eigenvalue weighted by Gasteiger charge is -2.31. The first kappa shape index (κ1) is 15.8. The molecule has 1 atom stereocenters. The number of rotatable bonds is 6. The molecule has 0 N–H and O–H groups in total. The molecule has 124 valence electrons. The van der Waals surface area contributed by atoms with Crippen LogP contribution in [0.1, 0.15) is 38.2 Å². The largest absolute Gasteiger partial charge is 0.496 e. The van der Waals surface area contributed by atoms with Gasteiger partial charge in [0.25, 0.3) is 0 Å². The normalized spacial score (nSPS) is 18.9. The van der Waals surface area contributed by atoms with E-state index in [0.717, 1.165) is 30.6 Å². The number of ether oxygens (including phenoxy) is 1. The van der Waals surface area contributed by atoms with Gasteiger partial charge in [-0.25, -0.2) is 0 Å². The van der Waals surface area contributed by atoms with Gasteiger partial charge in [0.1, 0.15) is 11.8 Å². The van der Waals surface area contributed by atoms with Crippen molar-refractivity contribution in [1.82, 2.24) is 9.80 Å². The topological polar surface area (TPSA) is 49.9 Å². The summed E-state index contributed by atoms with van der Waals surface area (Å²) in [4.78, 5) is 28.5.